The molecule has 0 aliphatic heterocycles. The summed E-state index contributed by atoms with van der Waals surface area (Å²) >= 11 is 1.47. The van der Waals surface area contributed by atoms with Gasteiger partial charge in [0, 0.05) is 6.42 Å². The van der Waals surface area contributed by atoms with E-state index in [0.29, 0.717) is 25.1 Å². The SMILES string of the molecule is CSCCC(NC(=O)C(Cc1ccccc1)NC(=O)CNC(=O)C(N)CCCCN)C(=O)O. The maximum absolute atomic E-state index is 12.8. The topological polar surface area (TPSA) is 177 Å². The number of unbranched alkanes of at least 4 members (excludes halogenated alkanes) is 1. The zero-order chi connectivity index (χ0) is 24.6. The van der Waals surface area contributed by atoms with Gasteiger partial charge in [-0.05, 0) is 43.4 Å². The summed E-state index contributed by atoms with van der Waals surface area (Å²) in [6.45, 7) is 0.165. The molecule has 1 rings (SSSR count). The van der Waals surface area contributed by atoms with E-state index in [9.17, 15) is 24.3 Å². The molecule has 8 N–H and O–H groups in total. The highest BCUT2D eigenvalue weighted by molar-refractivity contribution is 7.98. The predicted octanol–water partition coefficient (Wildman–Crippen LogP) is -0.391. The van der Waals surface area contributed by atoms with E-state index in [1.807, 2.05) is 12.3 Å². The Hall–Kier alpha value is -2.63. The van der Waals surface area contributed by atoms with Gasteiger partial charge < -0.3 is 32.5 Å². The maximum Gasteiger partial charge on any atom is 0.326 e. The minimum absolute atomic E-state index is 0.166. The summed E-state index contributed by atoms with van der Waals surface area (Å²) in [5.74, 6) is -2.23. The van der Waals surface area contributed by atoms with Gasteiger partial charge in [-0.3, -0.25) is 14.4 Å². The number of carbonyl (C=O) groups is 4. The molecule has 0 heterocycles. The van der Waals surface area contributed by atoms with Gasteiger partial charge >= 0.3 is 5.97 Å². The number of nitrogens with two attached hydrogens (primary N) is 2. The van der Waals surface area contributed by atoms with Crippen molar-refractivity contribution in [1.29, 1.82) is 0 Å². The molecule has 0 fully saturated rings. The fourth-order valence-corrected chi connectivity index (χ4v) is 3.48. The van der Waals surface area contributed by atoms with Gasteiger partial charge in [-0.25, -0.2) is 4.79 Å². The number of aliphatic carboxylic acids is 1. The number of benzene rings is 1. The van der Waals surface area contributed by atoms with Crippen LogP contribution in [0.3, 0.4) is 0 Å². The van der Waals surface area contributed by atoms with Crippen molar-refractivity contribution >= 4 is 35.5 Å². The van der Waals surface area contributed by atoms with Crippen LogP contribution in [0, 0.1) is 0 Å². The zero-order valence-corrected chi connectivity index (χ0v) is 19.7. The van der Waals surface area contributed by atoms with Gasteiger partial charge in [0.15, 0.2) is 0 Å². The molecule has 10 nitrogen and oxygen atoms in total. The minimum Gasteiger partial charge on any atom is -0.480 e. The van der Waals surface area contributed by atoms with Crippen LogP contribution in [0.4, 0.5) is 0 Å². The Morgan fingerprint density at radius 2 is 1.70 bits per heavy atom. The van der Waals surface area contributed by atoms with Crippen LogP contribution >= 0.6 is 11.8 Å². The molecule has 3 atom stereocenters. The highest BCUT2D eigenvalue weighted by atomic mass is 32.2. The Labute approximate surface area is 198 Å². The Balaban J connectivity index is 2.75. The fourth-order valence-electron chi connectivity index (χ4n) is 3.01. The molecule has 1 aromatic carbocycles. The normalized spacial score (nSPS) is 13.4. The molecule has 11 heteroatoms. The average molecular weight is 482 g/mol. The van der Waals surface area contributed by atoms with Crippen molar-refractivity contribution in [3.05, 3.63) is 35.9 Å². The lowest BCUT2D eigenvalue weighted by Gasteiger charge is -2.22. The molecule has 184 valence electrons. The van der Waals surface area contributed by atoms with Crippen molar-refractivity contribution in [2.24, 2.45) is 11.5 Å². The van der Waals surface area contributed by atoms with Crippen LogP contribution in [0.15, 0.2) is 30.3 Å². The second-order valence-corrected chi connectivity index (χ2v) is 8.59. The molecule has 0 spiro atoms. The van der Waals surface area contributed by atoms with E-state index in [0.717, 1.165) is 12.0 Å². The number of rotatable bonds is 16. The van der Waals surface area contributed by atoms with Gasteiger partial charge in [0.25, 0.3) is 0 Å². The maximum atomic E-state index is 12.8. The third-order valence-corrected chi connectivity index (χ3v) is 5.53. The molecular formula is C22H35N5O5S. The van der Waals surface area contributed by atoms with Crippen LogP contribution in [-0.4, -0.2) is 72.0 Å². The van der Waals surface area contributed by atoms with Crippen molar-refractivity contribution in [3.63, 3.8) is 0 Å². The van der Waals surface area contributed by atoms with Gasteiger partial charge in [0.1, 0.15) is 12.1 Å². The summed E-state index contributed by atoms with van der Waals surface area (Å²) in [6.07, 6.45) is 4.18. The zero-order valence-electron chi connectivity index (χ0n) is 18.9. The smallest absolute Gasteiger partial charge is 0.326 e. The van der Waals surface area contributed by atoms with E-state index >= 15 is 0 Å². The summed E-state index contributed by atoms with van der Waals surface area (Å²) in [7, 11) is 0. The first-order valence-corrected chi connectivity index (χ1v) is 12.3. The number of carboxylic acid groups (broad SMARTS) is 1. The highest BCUT2D eigenvalue weighted by Gasteiger charge is 2.27. The number of hydrogen-bond acceptors (Lipinski definition) is 7. The van der Waals surface area contributed by atoms with Crippen LogP contribution in [-0.2, 0) is 25.6 Å². The summed E-state index contributed by atoms with van der Waals surface area (Å²) in [5.41, 5.74) is 12.0. The molecule has 0 aliphatic rings. The number of thioether (sulfide) groups is 1. The standard InChI is InChI=1S/C22H35N5O5S/c1-33-12-10-17(22(31)32)27-21(30)18(13-15-7-3-2-4-8-15)26-19(28)14-25-20(29)16(24)9-5-6-11-23/h2-4,7-8,16-18H,5-6,9-14,23-24H2,1H3,(H,25,29)(H,26,28)(H,27,30)(H,31,32). The van der Waals surface area contributed by atoms with Gasteiger partial charge in [-0.2, -0.15) is 11.8 Å². The largest absolute Gasteiger partial charge is 0.480 e. The van der Waals surface area contributed by atoms with Crippen LogP contribution in [0.1, 0.15) is 31.2 Å². The summed E-state index contributed by atoms with van der Waals surface area (Å²) in [4.78, 5) is 48.9. The molecule has 33 heavy (non-hydrogen) atoms. The Morgan fingerprint density at radius 1 is 1.00 bits per heavy atom. The Morgan fingerprint density at radius 3 is 2.30 bits per heavy atom. The molecule has 1 aromatic rings. The van der Waals surface area contributed by atoms with E-state index in [2.05, 4.69) is 16.0 Å². The Bertz CT molecular complexity index is 765. The number of hydrogen-bond donors (Lipinski definition) is 6. The van der Waals surface area contributed by atoms with E-state index in [1.54, 1.807) is 24.3 Å². The molecule has 0 aromatic heterocycles. The van der Waals surface area contributed by atoms with Crippen molar-refractivity contribution < 1.29 is 24.3 Å². The highest BCUT2D eigenvalue weighted by Crippen LogP contribution is 2.06. The van der Waals surface area contributed by atoms with Gasteiger partial charge in [-0.1, -0.05) is 36.8 Å². The third-order valence-electron chi connectivity index (χ3n) is 4.89. The molecule has 3 unspecified atom stereocenters. The molecule has 0 bridgehead atoms. The fraction of sp³-hybridized carbons (Fsp3) is 0.545. The van der Waals surface area contributed by atoms with Gasteiger partial charge in [0.2, 0.25) is 17.7 Å². The number of amides is 3. The van der Waals surface area contributed by atoms with Crippen molar-refractivity contribution in [2.45, 2.75) is 50.2 Å². The molecule has 3 amide bonds. The van der Waals surface area contributed by atoms with Gasteiger partial charge in [0.05, 0.1) is 12.6 Å². The van der Waals surface area contributed by atoms with Crippen LogP contribution in [0.5, 0.6) is 0 Å². The van der Waals surface area contributed by atoms with E-state index in [-0.39, 0.29) is 19.4 Å². The molecule has 0 radical (unpaired) electrons. The number of nitrogens with one attached hydrogen (secondary N) is 3. The second kappa shape index (κ2) is 16.1. The molecule has 0 saturated carbocycles. The van der Waals surface area contributed by atoms with E-state index < -0.39 is 41.8 Å². The van der Waals surface area contributed by atoms with Crippen molar-refractivity contribution in [3.8, 4) is 0 Å². The first kappa shape index (κ1) is 28.4. The second-order valence-electron chi connectivity index (χ2n) is 7.60. The lowest BCUT2D eigenvalue weighted by Crippen LogP contribution is -2.54. The minimum atomic E-state index is -1.14. The summed E-state index contributed by atoms with van der Waals surface area (Å²) < 4.78 is 0. The quantitative estimate of drug-likeness (QED) is 0.173. The lowest BCUT2D eigenvalue weighted by molar-refractivity contribution is -0.142. The molecule has 0 saturated heterocycles. The average Bonchev–Trinajstić information content (AvgIpc) is 2.80. The monoisotopic (exact) mass is 481 g/mol. The van der Waals surface area contributed by atoms with Gasteiger partial charge in [-0.15, -0.1) is 0 Å². The van der Waals surface area contributed by atoms with E-state index in [1.165, 1.54) is 11.8 Å². The number of carbonyl (C=O) groups excluding carboxylic acids is 3. The summed E-state index contributed by atoms with van der Waals surface area (Å²) in [5, 5.41) is 17.0. The molecular weight excluding hydrogens is 446 g/mol. The van der Waals surface area contributed by atoms with Crippen LogP contribution in [0.2, 0.25) is 0 Å². The number of carboxylic acids is 1. The molecule has 0 aliphatic carbocycles. The third kappa shape index (κ3) is 11.7. The first-order valence-electron chi connectivity index (χ1n) is 10.9. The predicted molar refractivity (Wildman–Crippen MR) is 129 cm³/mol. The van der Waals surface area contributed by atoms with Crippen molar-refractivity contribution in [2.75, 3.05) is 25.1 Å². The lowest BCUT2D eigenvalue weighted by atomic mass is 10.0. The Kier molecular flexibility index (Phi) is 13.8. The summed E-state index contributed by atoms with van der Waals surface area (Å²) in [6, 6.07) is 6.21. The van der Waals surface area contributed by atoms with Crippen LogP contribution < -0.4 is 27.4 Å². The van der Waals surface area contributed by atoms with Crippen molar-refractivity contribution in [1.82, 2.24) is 16.0 Å². The van der Waals surface area contributed by atoms with Crippen LogP contribution in [0.25, 0.3) is 0 Å². The van der Waals surface area contributed by atoms with E-state index in [4.69, 9.17) is 11.5 Å². The first-order chi connectivity index (χ1) is 15.8.